The molecule has 0 fully saturated rings. The standard InChI is InChI=1S/C35H22ClN3/c36-32-19-17-27(18-20-32)34-37-33(38-35(39-34)31-16-12-24-6-2-4-8-29(24)22-31)26-13-9-25(10-14-26)30-15-11-23-5-1-3-7-28(23)21-30/h1-22H. The maximum Gasteiger partial charge on any atom is 0.164 e. The minimum absolute atomic E-state index is 0.610. The number of hydrogen-bond donors (Lipinski definition) is 0. The van der Waals surface area contributed by atoms with Gasteiger partial charge in [-0.15, -0.1) is 0 Å². The van der Waals surface area contributed by atoms with Gasteiger partial charge in [-0.1, -0.05) is 109 Å². The van der Waals surface area contributed by atoms with Crippen LogP contribution in [0.2, 0.25) is 5.02 Å². The van der Waals surface area contributed by atoms with Crippen molar-refractivity contribution in [3.05, 3.63) is 138 Å². The molecule has 0 unspecified atom stereocenters. The molecule has 7 rings (SSSR count). The van der Waals surface area contributed by atoms with Crippen molar-refractivity contribution in [3.8, 4) is 45.3 Å². The first kappa shape index (κ1) is 23.3. The van der Waals surface area contributed by atoms with E-state index in [9.17, 15) is 0 Å². The van der Waals surface area contributed by atoms with Crippen molar-refractivity contribution < 1.29 is 0 Å². The van der Waals surface area contributed by atoms with Crippen molar-refractivity contribution in [3.63, 3.8) is 0 Å². The lowest BCUT2D eigenvalue weighted by Crippen LogP contribution is -2.00. The van der Waals surface area contributed by atoms with Gasteiger partial charge >= 0.3 is 0 Å². The molecule has 0 atom stereocenters. The highest BCUT2D eigenvalue weighted by Gasteiger charge is 2.13. The molecule has 1 heterocycles. The average molecular weight is 520 g/mol. The lowest BCUT2D eigenvalue weighted by molar-refractivity contribution is 1.07. The number of aromatic nitrogens is 3. The zero-order valence-electron chi connectivity index (χ0n) is 20.9. The SMILES string of the molecule is Clc1ccc(-c2nc(-c3ccc(-c4ccc5ccccc5c4)cc3)nc(-c3ccc4ccccc4c3)n2)cc1. The monoisotopic (exact) mass is 519 g/mol. The smallest absolute Gasteiger partial charge is 0.164 e. The molecule has 39 heavy (non-hydrogen) atoms. The van der Waals surface area contributed by atoms with Gasteiger partial charge in [-0.25, -0.2) is 15.0 Å². The van der Waals surface area contributed by atoms with E-state index in [4.69, 9.17) is 26.6 Å². The van der Waals surface area contributed by atoms with E-state index in [1.807, 2.05) is 36.4 Å². The van der Waals surface area contributed by atoms with Crippen LogP contribution in [0.4, 0.5) is 0 Å². The molecule has 184 valence electrons. The predicted molar refractivity (Wildman–Crippen MR) is 162 cm³/mol. The largest absolute Gasteiger partial charge is 0.208 e. The number of fused-ring (bicyclic) bond motifs is 2. The first-order valence-corrected chi connectivity index (χ1v) is 13.2. The Kier molecular flexibility index (Phi) is 5.84. The van der Waals surface area contributed by atoms with Crippen LogP contribution in [0.1, 0.15) is 0 Å². The van der Waals surface area contributed by atoms with Gasteiger partial charge in [0.1, 0.15) is 0 Å². The third-order valence-electron chi connectivity index (χ3n) is 6.97. The predicted octanol–water partition coefficient (Wildman–Crippen LogP) is 9.50. The van der Waals surface area contributed by atoms with Gasteiger partial charge in [0, 0.05) is 21.7 Å². The number of hydrogen-bond acceptors (Lipinski definition) is 3. The van der Waals surface area contributed by atoms with E-state index in [0.717, 1.165) is 27.6 Å². The summed E-state index contributed by atoms with van der Waals surface area (Å²) >= 11 is 6.15. The molecule has 4 heteroatoms. The summed E-state index contributed by atoms with van der Waals surface area (Å²) in [5.74, 6) is 1.87. The van der Waals surface area contributed by atoms with Gasteiger partial charge in [-0.3, -0.25) is 0 Å². The molecule has 0 bridgehead atoms. The fourth-order valence-corrected chi connectivity index (χ4v) is 5.00. The number of nitrogens with zero attached hydrogens (tertiary/aromatic N) is 3. The molecule has 0 aliphatic rings. The highest BCUT2D eigenvalue weighted by molar-refractivity contribution is 6.30. The van der Waals surface area contributed by atoms with Crippen LogP contribution in [-0.2, 0) is 0 Å². The number of rotatable bonds is 4. The Morgan fingerprint density at radius 1 is 0.333 bits per heavy atom. The maximum absolute atomic E-state index is 6.15. The van der Waals surface area contributed by atoms with Crippen molar-refractivity contribution in [2.75, 3.05) is 0 Å². The first-order chi connectivity index (χ1) is 19.2. The normalized spacial score (nSPS) is 11.2. The van der Waals surface area contributed by atoms with Gasteiger partial charge < -0.3 is 0 Å². The van der Waals surface area contributed by atoms with Crippen LogP contribution in [0.3, 0.4) is 0 Å². The van der Waals surface area contributed by atoms with Crippen LogP contribution in [0.25, 0.3) is 66.8 Å². The second-order valence-corrected chi connectivity index (χ2v) is 9.95. The number of halogens is 1. The zero-order chi connectivity index (χ0) is 26.2. The average Bonchev–Trinajstić information content (AvgIpc) is 3.01. The fraction of sp³-hybridized carbons (Fsp3) is 0. The molecule has 0 saturated heterocycles. The number of benzene rings is 6. The minimum Gasteiger partial charge on any atom is -0.208 e. The Morgan fingerprint density at radius 2 is 0.718 bits per heavy atom. The van der Waals surface area contributed by atoms with Crippen molar-refractivity contribution in [2.24, 2.45) is 0 Å². The van der Waals surface area contributed by atoms with E-state index in [1.54, 1.807) is 0 Å². The van der Waals surface area contributed by atoms with E-state index in [-0.39, 0.29) is 0 Å². The third kappa shape index (κ3) is 4.65. The molecular weight excluding hydrogens is 498 g/mol. The summed E-state index contributed by atoms with van der Waals surface area (Å²) in [5, 5.41) is 5.46. The van der Waals surface area contributed by atoms with Crippen LogP contribution < -0.4 is 0 Å². The molecule has 0 N–H and O–H groups in total. The summed E-state index contributed by atoms with van der Waals surface area (Å²) in [7, 11) is 0. The molecule has 0 radical (unpaired) electrons. The van der Waals surface area contributed by atoms with Crippen molar-refractivity contribution >= 4 is 33.1 Å². The van der Waals surface area contributed by atoms with Gasteiger partial charge in [0.25, 0.3) is 0 Å². The Balaban J connectivity index is 1.32. The lowest BCUT2D eigenvalue weighted by atomic mass is 10.00. The first-order valence-electron chi connectivity index (χ1n) is 12.8. The topological polar surface area (TPSA) is 38.7 Å². The van der Waals surface area contributed by atoms with Gasteiger partial charge in [0.2, 0.25) is 0 Å². The van der Waals surface area contributed by atoms with Gasteiger partial charge in [0.05, 0.1) is 0 Å². The van der Waals surface area contributed by atoms with Gasteiger partial charge in [0.15, 0.2) is 17.5 Å². The van der Waals surface area contributed by atoms with E-state index < -0.39 is 0 Å². The molecule has 6 aromatic carbocycles. The Labute approximate surface area is 231 Å². The molecular formula is C35H22ClN3. The third-order valence-corrected chi connectivity index (χ3v) is 7.22. The minimum atomic E-state index is 0.610. The van der Waals surface area contributed by atoms with Crippen molar-refractivity contribution in [2.45, 2.75) is 0 Å². The van der Waals surface area contributed by atoms with Crippen LogP contribution in [-0.4, -0.2) is 15.0 Å². The van der Waals surface area contributed by atoms with Crippen LogP contribution >= 0.6 is 11.6 Å². The summed E-state index contributed by atoms with van der Waals surface area (Å²) < 4.78 is 0. The maximum atomic E-state index is 6.15. The summed E-state index contributed by atoms with van der Waals surface area (Å²) in [4.78, 5) is 14.7. The molecule has 3 nitrogen and oxygen atoms in total. The summed E-state index contributed by atoms with van der Waals surface area (Å²) in [6.45, 7) is 0. The molecule has 0 amide bonds. The fourth-order valence-electron chi connectivity index (χ4n) is 4.87. The molecule has 0 aliphatic carbocycles. The van der Waals surface area contributed by atoms with E-state index in [2.05, 4.69) is 97.1 Å². The molecule has 0 aliphatic heterocycles. The van der Waals surface area contributed by atoms with Crippen LogP contribution in [0.15, 0.2) is 133 Å². The summed E-state index contributed by atoms with van der Waals surface area (Å²) in [6.07, 6.45) is 0. The highest BCUT2D eigenvalue weighted by atomic mass is 35.5. The Hall–Kier alpha value is -4.86. The van der Waals surface area contributed by atoms with Gasteiger partial charge in [-0.2, -0.15) is 0 Å². The summed E-state index contributed by atoms with van der Waals surface area (Å²) in [5.41, 5.74) is 5.08. The van der Waals surface area contributed by atoms with Crippen molar-refractivity contribution in [1.29, 1.82) is 0 Å². The molecule has 0 spiro atoms. The Morgan fingerprint density at radius 3 is 1.28 bits per heavy atom. The second kappa shape index (κ2) is 9.79. The second-order valence-electron chi connectivity index (χ2n) is 9.51. The summed E-state index contributed by atoms with van der Waals surface area (Å²) in [6, 6.07) is 45.6. The van der Waals surface area contributed by atoms with Gasteiger partial charge in [-0.05, 0) is 69.1 Å². The van der Waals surface area contributed by atoms with E-state index in [0.29, 0.717) is 22.5 Å². The van der Waals surface area contributed by atoms with E-state index in [1.165, 1.54) is 21.7 Å². The quantitative estimate of drug-likeness (QED) is 0.232. The van der Waals surface area contributed by atoms with Crippen LogP contribution in [0, 0.1) is 0 Å². The Bertz CT molecular complexity index is 1960. The zero-order valence-corrected chi connectivity index (χ0v) is 21.7. The molecule has 1 aromatic heterocycles. The van der Waals surface area contributed by atoms with Crippen molar-refractivity contribution in [1.82, 2.24) is 15.0 Å². The lowest BCUT2D eigenvalue weighted by Gasteiger charge is -2.10. The molecule has 7 aromatic rings. The highest BCUT2D eigenvalue weighted by Crippen LogP contribution is 2.30. The van der Waals surface area contributed by atoms with E-state index >= 15 is 0 Å². The van der Waals surface area contributed by atoms with Crippen LogP contribution in [0.5, 0.6) is 0 Å². The molecule has 0 saturated carbocycles.